The maximum atomic E-state index is 13.6. The van der Waals surface area contributed by atoms with Crippen LogP contribution in [0.2, 0.25) is 0 Å². The third-order valence-corrected chi connectivity index (χ3v) is 7.78. The van der Waals surface area contributed by atoms with Gasteiger partial charge in [-0.05, 0) is 65.9 Å². The van der Waals surface area contributed by atoms with Gasteiger partial charge in [-0.1, -0.05) is 56.4 Å². The highest BCUT2D eigenvalue weighted by Crippen LogP contribution is 2.45. The van der Waals surface area contributed by atoms with Crippen molar-refractivity contribution in [2.24, 2.45) is 0 Å². The fraction of sp³-hybridized carbons (Fsp3) is 0.258. The molecule has 1 amide bonds. The highest BCUT2D eigenvalue weighted by Gasteiger charge is 2.48. The Morgan fingerprint density at radius 2 is 1.67 bits per heavy atom. The summed E-state index contributed by atoms with van der Waals surface area (Å²) in [6.45, 7) is 8.76. The van der Waals surface area contributed by atoms with Crippen LogP contribution in [0.15, 0.2) is 72.3 Å². The third-order valence-electron chi connectivity index (χ3n) is 6.77. The number of fused-ring (bicyclic) bond motifs is 1. The summed E-state index contributed by atoms with van der Waals surface area (Å²) in [7, 11) is 1.59. The van der Waals surface area contributed by atoms with Crippen molar-refractivity contribution in [2.75, 3.05) is 18.6 Å². The lowest BCUT2D eigenvalue weighted by Gasteiger charge is -2.24. The zero-order chi connectivity index (χ0) is 27.9. The van der Waals surface area contributed by atoms with Crippen LogP contribution >= 0.6 is 11.3 Å². The van der Waals surface area contributed by atoms with Gasteiger partial charge in [0.25, 0.3) is 5.78 Å². The number of carbonyl (C=O) groups is 2. The van der Waals surface area contributed by atoms with Crippen LogP contribution < -0.4 is 14.4 Å². The summed E-state index contributed by atoms with van der Waals surface area (Å²) >= 11 is 1.29. The van der Waals surface area contributed by atoms with E-state index in [2.05, 4.69) is 25.8 Å². The molecule has 0 saturated carbocycles. The molecule has 1 fully saturated rings. The van der Waals surface area contributed by atoms with Crippen molar-refractivity contribution in [3.63, 3.8) is 0 Å². The van der Waals surface area contributed by atoms with Crippen LogP contribution in [0.1, 0.15) is 50.4 Å². The number of benzene rings is 3. The standard InChI is InChI=1S/C31H30N2O5S/c1-6-38-21-13-9-19(10-14-21)27(34)25-26(18-7-11-20(12-8-18)31(2,3)4)33(29(36)28(25)35)30-32-23-16-15-22(37-5)17-24(23)39-30/h7-17,26,34H,6H2,1-5H3/t26-/m1/s1. The van der Waals surface area contributed by atoms with Crippen molar-refractivity contribution in [3.8, 4) is 11.5 Å². The Morgan fingerprint density at radius 1 is 1.00 bits per heavy atom. The molecular formula is C31H30N2O5S. The number of rotatable bonds is 6. The molecule has 8 heteroatoms. The number of carbonyl (C=O) groups excluding carboxylic acids is 2. The fourth-order valence-corrected chi connectivity index (χ4v) is 5.69. The van der Waals surface area contributed by atoms with Crippen molar-refractivity contribution in [1.82, 2.24) is 4.98 Å². The summed E-state index contributed by atoms with van der Waals surface area (Å²) in [5.74, 6) is -0.425. The first-order valence-electron chi connectivity index (χ1n) is 12.7. The topological polar surface area (TPSA) is 89.0 Å². The fourth-order valence-electron chi connectivity index (χ4n) is 4.66. The second kappa shape index (κ2) is 10.2. The molecule has 0 bridgehead atoms. The van der Waals surface area contributed by atoms with Gasteiger partial charge in [0.05, 0.1) is 35.5 Å². The van der Waals surface area contributed by atoms with E-state index < -0.39 is 17.7 Å². The first-order chi connectivity index (χ1) is 18.6. The molecule has 4 aromatic rings. The number of methoxy groups -OCH3 is 1. The van der Waals surface area contributed by atoms with E-state index in [9.17, 15) is 14.7 Å². The highest BCUT2D eigenvalue weighted by atomic mass is 32.1. The number of anilines is 1. The average molecular weight is 543 g/mol. The van der Waals surface area contributed by atoms with Crippen LogP contribution in [-0.4, -0.2) is 35.5 Å². The summed E-state index contributed by atoms with van der Waals surface area (Å²) in [5.41, 5.74) is 2.86. The van der Waals surface area contributed by atoms with Gasteiger partial charge < -0.3 is 14.6 Å². The Kier molecular flexibility index (Phi) is 6.91. The van der Waals surface area contributed by atoms with Gasteiger partial charge in [0.1, 0.15) is 17.3 Å². The number of aliphatic hydroxyl groups is 1. The van der Waals surface area contributed by atoms with E-state index in [0.29, 0.717) is 39.9 Å². The molecule has 1 aromatic heterocycles. The highest BCUT2D eigenvalue weighted by molar-refractivity contribution is 7.22. The van der Waals surface area contributed by atoms with Crippen LogP contribution in [0.25, 0.3) is 16.0 Å². The lowest BCUT2D eigenvalue weighted by Crippen LogP contribution is -2.29. The molecule has 1 N–H and O–H groups in total. The Morgan fingerprint density at radius 3 is 2.28 bits per heavy atom. The van der Waals surface area contributed by atoms with Crippen LogP contribution in [0.5, 0.6) is 11.5 Å². The monoisotopic (exact) mass is 542 g/mol. The van der Waals surface area contributed by atoms with E-state index in [1.807, 2.05) is 43.3 Å². The van der Waals surface area contributed by atoms with E-state index in [1.165, 1.54) is 16.2 Å². The Hall–Kier alpha value is -4.17. The first-order valence-corrected chi connectivity index (χ1v) is 13.5. The molecule has 0 radical (unpaired) electrons. The molecule has 2 heterocycles. The van der Waals surface area contributed by atoms with Crippen molar-refractivity contribution in [1.29, 1.82) is 0 Å². The summed E-state index contributed by atoms with van der Waals surface area (Å²) in [5, 5.41) is 11.8. The molecule has 200 valence electrons. The SMILES string of the molecule is CCOc1ccc(C(O)=C2C(=O)C(=O)N(c3nc4ccc(OC)cc4s3)[C@@H]2c2ccc(C(C)(C)C)cc2)cc1. The van der Waals surface area contributed by atoms with Crippen LogP contribution in [0.3, 0.4) is 0 Å². The van der Waals surface area contributed by atoms with E-state index in [0.717, 1.165) is 10.3 Å². The summed E-state index contributed by atoms with van der Waals surface area (Å²) < 4.78 is 11.7. The second-order valence-electron chi connectivity index (χ2n) is 10.3. The summed E-state index contributed by atoms with van der Waals surface area (Å²) in [6, 6.07) is 19.2. The van der Waals surface area contributed by atoms with Gasteiger partial charge >= 0.3 is 5.91 Å². The summed E-state index contributed by atoms with van der Waals surface area (Å²) in [6.07, 6.45) is 0. The van der Waals surface area contributed by atoms with Gasteiger partial charge in [0, 0.05) is 5.56 Å². The largest absolute Gasteiger partial charge is 0.507 e. The number of nitrogens with zero attached hydrogens (tertiary/aromatic N) is 2. The number of ether oxygens (including phenoxy) is 2. The molecule has 0 spiro atoms. The third kappa shape index (κ3) is 4.88. The quantitative estimate of drug-likeness (QED) is 0.167. The molecule has 7 nitrogen and oxygen atoms in total. The first kappa shape index (κ1) is 26.4. The smallest absolute Gasteiger partial charge is 0.301 e. The number of amides is 1. The van der Waals surface area contributed by atoms with Crippen LogP contribution in [-0.2, 0) is 15.0 Å². The van der Waals surface area contributed by atoms with Gasteiger partial charge in [-0.3, -0.25) is 14.5 Å². The van der Waals surface area contributed by atoms with E-state index in [4.69, 9.17) is 9.47 Å². The van der Waals surface area contributed by atoms with Crippen molar-refractivity contribution < 1.29 is 24.2 Å². The van der Waals surface area contributed by atoms with Gasteiger partial charge in [-0.2, -0.15) is 0 Å². The normalized spacial score (nSPS) is 17.2. The van der Waals surface area contributed by atoms with Gasteiger partial charge in [0.2, 0.25) is 0 Å². The number of aromatic nitrogens is 1. The molecule has 0 aliphatic carbocycles. The lowest BCUT2D eigenvalue weighted by atomic mass is 9.85. The number of aliphatic hydroxyl groups excluding tert-OH is 1. The zero-order valence-corrected chi connectivity index (χ0v) is 23.3. The number of hydrogen-bond donors (Lipinski definition) is 1. The number of thiazole rings is 1. The number of ketones is 1. The average Bonchev–Trinajstić information content (AvgIpc) is 3.46. The zero-order valence-electron chi connectivity index (χ0n) is 22.5. The molecule has 0 unspecified atom stereocenters. The van der Waals surface area contributed by atoms with Crippen molar-refractivity contribution >= 4 is 44.1 Å². The maximum absolute atomic E-state index is 13.6. The van der Waals surface area contributed by atoms with E-state index in [1.54, 1.807) is 37.4 Å². The van der Waals surface area contributed by atoms with E-state index >= 15 is 0 Å². The Bertz CT molecular complexity index is 1580. The molecule has 3 aromatic carbocycles. The molecule has 5 rings (SSSR count). The Labute approximate surface area is 231 Å². The Balaban J connectivity index is 1.67. The maximum Gasteiger partial charge on any atom is 0.301 e. The minimum absolute atomic E-state index is 0.0181. The lowest BCUT2D eigenvalue weighted by molar-refractivity contribution is -0.132. The van der Waals surface area contributed by atoms with Crippen LogP contribution in [0.4, 0.5) is 5.13 Å². The minimum Gasteiger partial charge on any atom is -0.507 e. The van der Waals surface area contributed by atoms with Crippen molar-refractivity contribution in [3.05, 3.63) is 89.0 Å². The van der Waals surface area contributed by atoms with Gasteiger partial charge in [-0.25, -0.2) is 4.98 Å². The van der Waals surface area contributed by atoms with Crippen molar-refractivity contribution in [2.45, 2.75) is 39.2 Å². The minimum atomic E-state index is -0.854. The van der Waals surface area contributed by atoms with Gasteiger partial charge in [-0.15, -0.1) is 0 Å². The van der Waals surface area contributed by atoms with Gasteiger partial charge in [0.15, 0.2) is 5.13 Å². The molecule has 1 aliphatic rings. The molecule has 1 saturated heterocycles. The number of Topliss-reactive ketones (excluding diaryl/α,β-unsaturated/α-hetero) is 1. The van der Waals surface area contributed by atoms with E-state index in [-0.39, 0.29) is 16.7 Å². The molecule has 39 heavy (non-hydrogen) atoms. The molecule has 1 atom stereocenters. The summed E-state index contributed by atoms with van der Waals surface area (Å²) in [4.78, 5) is 33.2. The predicted octanol–water partition coefficient (Wildman–Crippen LogP) is 6.63. The predicted molar refractivity (Wildman–Crippen MR) is 154 cm³/mol. The molecule has 1 aliphatic heterocycles. The molecular weight excluding hydrogens is 512 g/mol. The van der Waals surface area contributed by atoms with Crippen LogP contribution in [0, 0.1) is 0 Å². The second-order valence-corrected chi connectivity index (χ2v) is 11.3. The number of hydrogen-bond acceptors (Lipinski definition) is 7.